The van der Waals surface area contributed by atoms with E-state index < -0.39 is 6.29 Å². The maximum absolute atomic E-state index is 12.8. The molecule has 1 atom stereocenters. The lowest BCUT2D eigenvalue weighted by atomic mass is 10.1. The first-order chi connectivity index (χ1) is 8.41. The third-order valence-corrected chi connectivity index (χ3v) is 2.73. The molecule has 1 aromatic rings. The number of hydrogen-bond donors (Lipinski definition) is 1. The van der Waals surface area contributed by atoms with Gasteiger partial charge < -0.3 is 14.8 Å². The number of anilines is 1. The first-order valence-electron chi connectivity index (χ1n) is 5.62. The fourth-order valence-corrected chi connectivity index (χ4v) is 1.48. The number of ether oxygens (including phenoxy) is 2. The summed E-state index contributed by atoms with van der Waals surface area (Å²) in [6, 6.07) is 4.14. The Morgan fingerprint density at radius 3 is 2.72 bits per heavy atom. The fraction of sp³-hybridized carbons (Fsp3) is 0.417. The van der Waals surface area contributed by atoms with Crippen LogP contribution in [0.15, 0.2) is 18.2 Å². The van der Waals surface area contributed by atoms with E-state index in [2.05, 4.69) is 14.8 Å². The molecule has 4 nitrogen and oxygen atoms in total. The van der Waals surface area contributed by atoms with E-state index in [0.29, 0.717) is 12.1 Å². The maximum atomic E-state index is 12.8. The average molecular weight is 257 g/mol. The lowest BCUT2D eigenvalue weighted by Gasteiger charge is -2.10. The van der Waals surface area contributed by atoms with Gasteiger partial charge in [-0.3, -0.25) is 4.79 Å². The number of rotatable bonds is 3. The number of alkyl halides is 2. The molecule has 0 radical (unpaired) electrons. The van der Waals surface area contributed by atoms with Crippen LogP contribution in [-0.4, -0.2) is 12.2 Å². The van der Waals surface area contributed by atoms with Gasteiger partial charge in [-0.05, 0) is 18.6 Å². The van der Waals surface area contributed by atoms with E-state index >= 15 is 0 Å². The Kier molecular flexibility index (Phi) is 3.11. The largest absolute Gasteiger partial charge is 0.586 e. The van der Waals surface area contributed by atoms with Gasteiger partial charge in [0.2, 0.25) is 5.91 Å². The Labute approximate surface area is 103 Å². The summed E-state index contributed by atoms with van der Waals surface area (Å²) < 4.78 is 34.1. The van der Waals surface area contributed by atoms with E-state index in [9.17, 15) is 13.6 Å². The fourth-order valence-electron chi connectivity index (χ4n) is 1.48. The van der Waals surface area contributed by atoms with Crippen LogP contribution in [0.2, 0.25) is 0 Å². The zero-order valence-electron chi connectivity index (χ0n) is 10.00. The summed E-state index contributed by atoms with van der Waals surface area (Å²) in [5, 5.41) is 2.63. The molecule has 0 aromatic heterocycles. The second-order valence-corrected chi connectivity index (χ2v) is 4.13. The molecule has 0 fully saturated rings. The van der Waals surface area contributed by atoms with Crippen LogP contribution in [0.3, 0.4) is 0 Å². The SMILES string of the molecule is CC[C@H](C)C(=O)Nc1ccc2c(c1)OC(F)(F)O2. The third kappa shape index (κ3) is 2.52. The highest BCUT2D eigenvalue weighted by Gasteiger charge is 2.43. The normalized spacial score (nSPS) is 17.3. The molecule has 98 valence electrons. The van der Waals surface area contributed by atoms with Gasteiger partial charge in [0.1, 0.15) is 0 Å². The first kappa shape index (κ1) is 12.6. The molecule has 1 amide bonds. The molecule has 0 bridgehead atoms. The van der Waals surface area contributed by atoms with Crippen molar-refractivity contribution in [3.63, 3.8) is 0 Å². The average Bonchev–Trinajstić information content (AvgIpc) is 2.61. The highest BCUT2D eigenvalue weighted by molar-refractivity contribution is 5.92. The summed E-state index contributed by atoms with van der Waals surface area (Å²) in [7, 11) is 0. The predicted octanol–water partition coefficient (Wildman–Crippen LogP) is 2.99. The lowest BCUT2D eigenvalue weighted by molar-refractivity contribution is -0.286. The quantitative estimate of drug-likeness (QED) is 0.905. The van der Waals surface area contributed by atoms with E-state index in [1.807, 2.05) is 6.92 Å². The summed E-state index contributed by atoms with van der Waals surface area (Å²) >= 11 is 0. The summed E-state index contributed by atoms with van der Waals surface area (Å²) in [5.74, 6) is -0.427. The third-order valence-electron chi connectivity index (χ3n) is 2.73. The highest BCUT2D eigenvalue weighted by atomic mass is 19.3. The molecule has 6 heteroatoms. The molecule has 1 N–H and O–H groups in total. The molecule has 0 unspecified atom stereocenters. The molecule has 0 spiro atoms. The van der Waals surface area contributed by atoms with Crippen molar-refractivity contribution in [2.75, 3.05) is 5.32 Å². The zero-order chi connectivity index (χ0) is 13.3. The van der Waals surface area contributed by atoms with Crippen molar-refractivity contribution < 1.29 is 23.0 Å². The van der Waals surface area contributed by atoms with Gasteiger partial charge in [0.05, 0.1) is 0 Å². The van der Waals surface area contributed by atoms with Gasteiger partial charge in [-0.25, -0.2) is 0 Å². The van der Waals surface area contributed by atoms with Crippen molar-refractivity contribution >= 4 is 11.6 Å². The van der Waals surface area contributed by atoms with Crippen LogP contribution >= 0.6 is 0 Å². The van der Waals surface area contributed by atoms with Crippen LogP contribution in [0.25, 0.3) is 0 Å². The van der Waals surface area contributed by atoms with Crippen molar-refractivity contribution in [1.29, 1.82) is 0 Å². The molecule has 1 aromatic carbocycles. The Morgan fingerprint density at radius 1 is 1.39 bits per heavy atom. The Hall–Kier alpha value is -1.85. The summed E-state index contributed by atoms with van der Waals surface area (Å²) in [4.78, 5) is 11.6. The molecule has 1 heterocycles. The first-order valence-corrected chi connectivity index (χ1v) is 5.62. The second-order valence-electron chi connectivity index (χ2n) is 4.13. The molecule has 1 aliphatic heterocycles. The van der Waals surface area contributed by atoms with Gasteiger partial charge in [0, 0.05) is 17.7 Å². The van der Waals surface area contributed by atoms with Crippen molar-refractivity contribution in [1.82, 2.24) is 0 Å². The van der Waals surface area contributed by atoms with Crippen molar-refractivity contribution in [3.8, 4) is 11.5 Å². The monoisotopic (exact) mass is 257 g/mol. The van der Waals surface area contributed by atoms with Crippen LogP contribution in [0.4, 0.5) is 14.5 Å². The minimum absolute atomic E-state index is 0.0402. The Morgan fingerprint density at radius 2 is 2.06 bits per heavy atom. The van der Waals surface area contributed by atoms with Gasteiger partial charge in [-0.1, -0.05) is 13.8 Å². The Bertz CT molecular complexity index is 476. The molecule has 0 aliphatic carbocycles. The molecule has 2 rings (SSSR count). The molecular weight excluding hydrogens is 244 g/mol. The molecule has 18 heavy (non-hydrogen) atoms. The summed E-state index contributed by atoms with van der Waals surface area (Å²) in [5.41, 5.74) is 0.403. The smallest absolute Gasteiger partial charge is 0.395 e. The van der Waals surface area contributed by atoms with Crippen molar-refractivity contribution in [2.24, 2.45) is 5.92 Å². The van der Waals surface area contributed by atoms with Crippen LogP contribution in [0, 0.1) is 5.92 Å². The second kappa shape index (κ2) is 4.44. The Balaban J connectivity index is 2.12. The van der Waals surface area contributed by atoms with Gasteiger partial charge in [-0.15, -0.1) is 8.78 Å². The number of benzene rings is 1. The molecular formula is C12H13F2NO3. The predicted molar refractivity (Wildman–Crippen MR) is 60.7 cm³/mol. The van der Waals surface area contributed by atoms with Crippen LogP contribution < -0.4 is 14.8 Å². The van der Waals surface area contributed by atoms with Gasteiger partial charge in [0.25, 0.3) is 0 Å². The van der Waals surface area contributed by atoms with Crippen molar-refractivity contribution in [3.05, 3.63) is 18.2 Å². The number of hydrogen-bond acceptors (Lipinski definition) is 3. The number of nitrogens with one attached hydrogen (secondary N) is 1. The van der Waals surface area contributed by atoms with Crippen LogP contribution in [0.1, 0.15) is 20.3 Å². The van der Waals surface area contributed by atoms with Crippen LogP contribution in [-0.2, 0) is 4.79 Å². The molecule has 0 saturated heterocycles. The number of halogens is 2. The van der Waals surface area contributed by atoms with E-state index in [1.54, 1.807) is 6.92 Å². The van der Waals surface area contributed by atoms with E-state index in [1.165, 1.54) is 18.2 Å². The highest BCUT2D eigenvalue weighted by Crippen LogP contribution is 2.42. The maximum Gasteiger partial charge on any atom is 0.586 e. The number of carbonyl (C=O) groups is 1. The molecule has 1 aliphatic rings. The van der Waals surface area contributed by atoms with Crippen molar-refractivity contribution in [2.45, 2.75) is 26.6 Å². The summed E-state index contributed by atoms with van der Waals surface area (Å²) in [6.07, 6.45) is -2.93. The van der Waals surface area contributed by atoms with Gasteiger partial charge in [0.15, 0.2) is 11.5 Å². The lowest BCUT2D eigenvalue weighted by Crippen LogP contribution is -2.25. The molecule has 0 saturated carbocycles. The number of amides is 1. The van der Waals surface area contributed by atoms with E-state index in [-0.39, 0.29) is 23.3 Å². The number of fused-ring (bicyclic) bond motifs is 1. The van der Waals surface area contributed by atoms with Crippen LogP contribution in [0.5, 0.6) is 11.5 Å². The topological polar surface area (TPSA) is 47.6 Å². The minimum Gasteiger partial charge on any atom is -0.395 e. The zero-order valence-corrected chi connectivity index (χ0v) is 10.00. The summed E-state index contributed by atoms with van der Waals surface area (Å²) in [6.45, 7) is 3.68. The van der Waals surface area contributed by atoms with Gasteiger partial charge in [-0.2, -0.15) is 0 Å². The standard InChI is InChI=1S/C12H13F2NO3/c1-3-7(2)11(16)15-8-4-5-9-10(6-8)18-12(13,14)17-9/h4-7H,3H2,1-2H3,(H,15,16)/t7-/m0/s1. The minimum atomic E-state index is -3.64. The van der Waals surface area contributed by atoms with E-state index in [4.69, 9.17) is 0 Å². The van der Waals surface area contributed by atoms with Gasteiger partial charge >= 0.3 is 6.29 Å². The number of carbonyl (C=O) groups excluding carboxylic acids is 1. The van der Waals surface area contributed by atoms with E-state index in [0.717, 1.165) is 0 Å².